The first-order valence-corrected chi connectivity index (χ1v) is 4.56. The number of pyridine rings is 1. The third-order valence-electron chi connectivity index (χ3n) is 2.29. The second-order valence-corrected chi connectivity index (χ2v) is 3.63. The molecule has 4 heteroatoms. The monoisotopic (exact) mass is 199 g/mol. The van der Waals surface area contributed by atoms with Gasteiger partial charge in [-0.25, -0.2) is 8.78 Å². The van der Waals surface area contributed by atoms with E-state index in [2.05, 4.69) is 4.98 Å². The second-order valence-electron chi connectivity index (χ2n) is 3.63. The Morgan fingerprint density at radius 3 is 2.86 bits per heavy atom. The first kappa shape index (κ1) is 9.37. The Kier molecular flexibility index (Phi) is 2.35. The normalized spacial score (nSPS) is 20.1. The van der Waals surface area contributed by atoms with E-state index in [0.717, 1.165) is 0 Å². The van der Waals surface area contributed by atoms with E-state index in [-0.39, 0.29) is 18.8 Å². The van der Waals surface area contributed by atoms with Gasteiger partial charge in [-0.1, -0.05) is 0 Å². The molecule has 1 fully saturated rings. The number of halogens is 2. The van der Waals surface area contributed by atoms with E-state index in [1.807, 2.05) is 0 Å². The Bertz CT molecular complexity index is 294. The summed E-state index contributed by atoms with van der Waals surface area (Å²) in [7, 11) is 0. The van der Waals surface area contributed by atoms with E-state index in [4.69, 9.17) is 4.74 Å². The van der Waals surface area contributed by atoms with Gasteiger partial charge in [-0.15, -0.1) is 0 Å². The minimum atomic E-state index is -2.46. The first-order valence-electron chi connectivity index (χ1n) is 4.56. The maximum absolute atomic E-state index is 12.4. The molecule has 0 unspecified atom stereocenters. The van der Waals surface area contributed by atoms with Gasteiger partial charge in [0, 0.05) is 25.0 Å². The van der Waals surface area contributed by atoms with Crippen molar-refractivity contribution in [3.8, 4) is 5.75 Å². The molecule has 1 aliphatic rings. The number of ether oxygens (including phenoxy) is 1. The van der Waals surface area contributed by atoms with Crippen LogP contribution in [0.5, 0.6) is 5.75 Å². The molecule has 0 aliphatic heterocycles. The fraction of sp³-hybridized carbons (Fsp3) is 0.500. The van der Waals surface area contributed by atoms with Crippen LogP contribution in [0, 0.1) is 5.92 Å². The van der Waals surface area contributed by atoms with E-state index in [1.165, 1.54) is 0 Å². The van der Waals surface area contributed by atoms with Gasteiger partial charge in [0.1, 0.15) is 5.75 Å². The number of alkyl halides is 2. The maximum Gasteiger partial charge on any atom is 0.248 e. The van der Waals surface area contributed by atoms with Gasteiger partial charge in [0.05, 0.1) is 12.8 Å². The Morgan fingerprint density at radius 1 is 1.50 bits per heavy atom. The van der Waals surface area contributed by atoms with Crippen LogP contribution >= 0.6 is 0 Å². The summed E-state index contributed by atoms with van der Waals surface area (Å²) in [6, 6.07) is 3.52. The largest absolute Gasteiger partial charge is 0.492 e. The summed E-state index contributed by atoms with van der Waals surface area (Å²) in [5.74, 6) is -1.82. The molecule has 0 N–H and O–H groups in total. The van der Waals surface area contributed by atoms with E-state index in [0.29, 0.717) is 12.4 Å². The van der Waals surface area contributed by atoms with E-state index in [9.17, 15) is 8.78 Å². The molecule has 76 valence electrons. The molecule has 0 bridgehead atoms. The van der Waals surface area contributed by atoms with Crippen molar-refractivity contribution in [1.29, 1.82) is 0 Å². The average Bonchev–Trinajstić information content (AvgIpc) is 2.13. The summed E-state index contributed by atoms with van der Waals surface area (Å²) < 4.78 is 30.2. The van der Waals surface area contributed by atoms with Crippen molar-refractivity contribution >= 4 is 0 Å². The zero-order chi connectivity index (χ0) is 10.0. The van der Waals surface area contributed by atoms with Crippen molar-refractivity contribution in [3.05, 3.63) is 24.5 Å². The lowest BCUT2D eigenvalue weighted by atomic mass is 9.82. The fourth-order valence-electron chi connectivity index (χ4n) is 1.55. The highest BCUT2D eigenvalue weighted by Crippen LogP contribution is 2.42. The third-order valence-corrected chi connectivity index (χ3v) is 2.29. The summed E-state index contributed by atoms with van der Waals surface area (Å²) >= 11 is 0. The van der Waals surface area contributed by atoms with Crippen LogP contribution in [0.15, 0.2) is 24.5 Å². The number of aromatic nitrogens is 1. The van der Waals surface area contributed by atoms with Crippen LogP contribution in [0.1, 0.15) is 12.8 Å². The van der Waals surface area contributed by atoms with Crippen LogP contribution in [0.2, 0.25) is 0 Å². The molecule has 0 radical (unpaired) electrons. The first-order chi connectivity index (χ1) is 6.66. The average molecular weight is 199 g/mol. The number of nitrogens with zero attached hydrogens (tertiary/aromatic N) is 1. The quantitative estimate of drug-likeness (QED) is 0.746. The molecular formula is C10H11F2NO. The topological polar surface area (TPSA) is 22.1 Å². The summed E-state index contributed by atoms with van der Waals surface area (Å²) in [5, 5.41) is 0. The smallest absolute Gasteiger partial charge is 0.248 e. The maximum atomic E-state index is 12.4. The van der Waals surface area contributed by atoms with Gasteiger partial charge < -0.3 is 4.74 Å². The van der Waals surface area contributed by atoms with Crippen molar-refractivity contribution in [3.63, 3.8) is 0 Å². The number of hydrogen-bond donors (Lipinski definition) is 0. The van der Waals surface area contributed by atoms with Gasteiger partial charge >= 0.3 is 0 Å². The van der Waals surface area contributed by atoms with Crippen LogP contribution in [0.4, 0.5) is 8.78 Å². The lowest BCUT2D eigenvalue weighted by molar-refractivity contribution is -0.119. The van der Waals surface area contributed by atoms with Crippen molar-refractivity contribution in [2.75, 3.05) is 6.61 Å². The second kappa shape index (κ2) is 3.52. The van der Waals surface area contributed by atoms with Crippen molar-refractivity contribution in [2.45, 2.75) is 18.8 Å². The van der Waals surface area contributed by atoms with Crippen LogP contribution in [-0.2, 0) is 0 Å². The number of hydrogen-bond acceptors (Lipinski definition) is 2. The van der Waals surface area contributed by atoms with Crippen LogP contribution in [0.25, 0.3) is 0 Å². The minimum Gasteiger partial charge on any atom is -0.492 e. The zero-order valence-electron chi connectivity index (χ0n) is 7.62. The molecule has 1 aliphatic carbocycles. The molecule has 1 heterocycles. The molecule has 0 saturated heterocycles. The Labute approximate surface area is 80.9 Å². The molecule has 1 saturated carbocycles. The molecule has 0 aromatic carbocycles. The predicted octanol–water partition coefficient (Wildman–Crippen LogP) is 2.51. The standard InChI is InChI=1S/C10H11F2NO/c11-10(12)4-8(5-10)7-14-9-2-1-3-13-6-9/h1-3,6,8H,4-5,7H2. The molecule has 0 spiro atoms. The van der Waals surface area contributed by atoms with Crippen LogP contribution in [-0.4, -0.2) is 17.5 Å². The third kappa shape index (κ3) is 2.19. The zero-order valence-corrected chi connectivity index (χ0v) is 7.62. The Balaban J connectivity index is 1.75. The Morgan fingerprint density at radius 2 is 2.29 bits per heavy atom. The molecule has 1 aromatic rings. The lowest BCUT2D eigenvalue weighted by Gasteiger charge is -2.34. The van der Waals surface area contributed by atoms with Gasteiger partial charge in [0.2, 0.25) is 5.92 Å². The summed E-state index contributed by atoms with van der Waals surface area (Å²) in [5.41, 5.74) is 0. The molecule has 2 nitrogen and oxygen atoms in total. The molecule has 0 amide bonds. The SMILES string of the molecule is FC1(F)CC(COc2cccnc2)C1. The molecule has 2 rings (SSSR count). The number of rotatable bonds is 3. The van der Waals surface area contributed by atoms with Gasteiger partial charge in [-0.2, -0.15) is 0 Å². The van der Waals surface area contributed by atoms with E-state index < -0.39 is 5.92 Å². The molecule has 1 aromatic heterocycles. The molecule has 0 atom stereocenters. The summed E-state index contributed by atoms with van der Waals surface area (Å²) in [4.78, 5) is 3.86. The lowest BCUT2D eigenvalue weighted by Crippen LogP contribution is -2.38. The van der Waals surface area contributed by atoms with Crippen LogP contribution < -0.4 is 4.74 Å². The summed E-state index contributed by atoms with van der Waals surface area (Å²) in [6.07, 6.45) is 3.13. The fourth-order valence-corrected chi connectivity index (χ4v) is 1.55. The van der Waals surface area contributed by atoms with Crippen LogP contribution in [0.3, 0.4) is 0 Å². The summed E-state index contributed by atoms with van der Waals surface area (Å²) in [6.45, 7) is 0.362. The van der Waals surface area contributed by atoms with Gasteiger partial charge in [-0.3, -0.25) is 4.98 Å². The molecule has 14 heavy (non-hydrogen) atoms. The van der Waals surface area contributed by atoms with Gasteiger partial charge in [0.25, 0.3) is 0 Å². The highest BCUT2D eigenvalue weighted by molar-refractivity contribution is 5.15. The van der Waals surface area contributed by atoms with E-state index >= 15 is 0 Å². The predicted molar refractivity (Wildman–Crippen MR) is 47.4 cm³/mol. The van der Waals surface area contributed by atoms with Gasteiger partial charge in [0.15, 0.2) is 0 Å². The van der Waals surface area contributed by atoms with Crippen molar-refractivity contribution < 1.29 is 13.5 Å². The van der Waals surface area contributed by atoms with Crippen molar-refractivity contribution in [2.24, 2.45) is 5.92 Å². The van der Waals surface area contributed by atoms with E-state index in [1.54, 1.807) is 24.5 Å². The van der Waals surface area contributed by atoms with Crippen molar-refractivity contribution in [1.82, 2.24) is 4.98 Å². The highest BCUT2D eigenvalue weighted by atomic mass is 19.3. The highest BCUT2D eigenvalue weighted by Gasteiger charge is 2.45. The minimum absolute atomic E-state index is 0.00907. The molecular weight excluding hydrogens is 188 g/mol. The van der Waals surface area contributed by atoms with Gasteiger partial charge in [-0.05, 0) is 12.1 Å². The Hall–Kier alpha value is -1.19.